The maximum absolute atomic E-state index is 11.4. The summed E-state index contributed by atoms with van der Waals surface area (Å²) in [5, 5.41) is 22.3. The first-order valence-corrected chi connectivity index (χ1v) is 6.01. The van der Waals surface area contributed by atoms with Crippen molar-refractivity contribution >= 4 is 28.5 Å². The van der Waals surface area contributed by atoms with Crippen LogP contribution in [0.5, 0.6) is 0 Å². The fraction of sp³-hybridized carbons (Fsp3) is 0.556. The van der Waals surface area contributed by atoms with Gasteiger partial charge in [-0.2, -0.15) is 0 Å². The summed E-state index contributed by atoms with van der Waals surface area (Å²) in [5.41, 5.74) is 0. The van der Waals surface area contributed by atoms with Gasteiger partial charge in [0.25, 0.3) is 0 Å². The molecule has 0 saturated carbocycles. The number of aromatic nitrogens is 2. The van der Waals surface area contributed by atoms with Crippen LogP contribution in [0.25, 0.3) is 0 Å². The molecule has 0 radical (unpaired) electrons. The van der Waals surface area contributed by atoms with Gasteiger partial charge >= 0.3 is 12.0 Å². The second kappa shape index (κ2) is 6.14. The number of amides is 2. The average Bonchev–Trinajstić information content (AvgIpc) is 2.73. The van der Waals surface area contributed by atoms with Crippen LogP contribution in [-0.2, 0) is 11.2 Å². The summed E-state index contributed by atoms with van der Waals surface area (Å²) in [6.07, 6.45) is 1.06. The van der Waals surface area contributed by atoms with E-state index in [2.05, 4.69) is 20.8 Å². The molecule has 94 valence electrons. The molecule has 0 aliphatic heterocycles. The molecule has 0 aromatic carbocycles. The van der Waals surface area contributed by atoms with Gasteiger partial charge in [-0.05, 0) is 12.8 Å². The largest absolute Gasteiger partial charge is 0.480 e. The number of carbonyl (C=O) groups excluding carboxylic acids is 1. The van der Waals surface area contributed by atoms with Crippen LogP contribution in [0, 0.1) is 0 Å². The number of carbonyl (C=O) groups is 2. The van der Waals surface area contributed by atoms with Crippen molar-refractivity contribution in [2.45, 2.75) is 32.7 Å². The Hall–Kier alpha value is -1.70. The number of hydrogen-bond acceptors (Lipinski definition) is 5. The molecule has 1 rings (SSSR count). The third-order valence-electron chi connectivity index (χ3n) is 2.00. The SMILES string of the molecule is CCc1nnc(NC(=O)N[C@@H](CC)C(=O)O)s1. The standard InChI is InChI=1S/C9H14N4O3S/c1-3-5(7(14)15)10-8(16)11-9-13-12-6(4-2)17-9/h5H,3-4H2,1-2H3,(H,14,15)(H2,10,11,13,16)/t5-/m0/s1. The van der Waals surface area contributed by atoms with E-state index in [0.717, 1.165) is 11.4 Å². The number of rotatable bonds is 5. The molecule has 3 N–H and O–H groups in total. The lowest BCUT2D eigenvalue weighted by Crippen LogP contribution is -2.42. The summed E-state index contributed by atoms with van der Waals surface area (Å²) in [6, 6.07) is -1.48. The van der Waals surface area contributed by atoms with E-state index in [0.29, 0.717) is 11.6 Å². The summed E-state index contributed by atoms with van der Waals surface area (Å²) in [4.78, 5) is 22.1. The zero-order valence-electron chi connectivity index (χ0n) is 9.56. The Morgan fingerprint density at radius 1 is 1.41 bits per heavy atom. The van der Waals surface area contributed by atoms with Crippen LogP contribution in [0.3, 0.4) is 0 Å². The molecule has 17 heavy (non-hydrogen) atoms. The number of carboxylic acid groups (broad SMARTS) is 1. The van der Waals surface area contributed by atoms with Gasteiger partial charge in [0.2, 0.25) is 5.13 Å². The van der Waals surface area contributed by atoms with Crippen molar-refractivity contribution in [1.29, 1.82) is 0 Å². The van der Waals surface area contributed by atoms with Crippen molar-refractivity contribution in [2.75, 3.05) is 5.32 Å². The van der Waals surface area contributed by atoms with Crippen LogP contribution in [0.15, 0.2) is 0 Å². The van der Waals surface area contributed by atoms with Gasteiger partial charge in [-0.15, -0.1) is 10.2 Å². The number of aliphatic carboxylic acids is 1. The van der Waals surface area contributed by atoms with Crippen LogP contribution >= 0.6 is 11.3 Å². The smallest absolute Gasteiger partial charge is 0.326 e. The number of urea groups is 1. The minimum atomic E-state index is -1.06. The molecule has 0 bridgehead atoms. The average molecular weight is 258 g/mol. The highest BCUT2D eigenvalue weighted by atomic mass is 32.1. The molecule has 1 aromatic rings. The van der Waals surface area contributed by atoms with Crippen LogP contribution in [0.1, 0.15) is 25.3 Å². The van der Waals surface area contributed by atoms with Gasteiger partial charge in [-0.3, -0.25) is 5.32 Å². The quantitative estimate of drug-likeness (QED) is 0.733. The second-order valence-corrected chi connectivity index (χ2v) is 4.31. The van der Waals surface area contributed by atoms with E-state index < -0.39 is 18.0 Å². The number of anilines is 1. The Kier molecular flexibility index (Phi) is 4.83. The van der Waals surface area contributed by atoms with Gasteiger partial charge in [0, 0.05) is 0 Å². The zero-order chi connectivity index (χ0) is 12.8. The maximum Gasteiger partial charge on any atom is 0.326 e. The van der Waals surface area contributed by atoms with Crippen LogP contribution in [0.4, 0.5) is 9.93 Å². The van der Waals surface area contributed by atoms with E-state index in [9.17, 15) is 9.59 Å². The van der Waals surface area contributed by atoms with Crippen molar-refractivity contribution in [2.24, 2.45) is 0 Å². The van der Waals surface area contributed by atoms with Crippen molar-refractivity contribution in [3.63, 3.8) is 0 Å². The minimum Gasteiger partial charge on any atom is -0.480 e. The van der Waals surface area contributed by atoms with Gasteiger partial charge in [-0.25, -0.2) is 9.59 Å². The van der Waals surface area contributed by atoms with Gasteiger partial charge < -0.3 is 10.4 Å². The molecule has 0 spiro atoms. The second-order valence-electron chi connectivity index (χ2n) is 3.25. The van der Waals surface area contributed by atoms with E-state index in [1.807, 2.05) is 6.92 Å². The van der Waals surface area contributed by atoms with Crippen LogP contribution < -0.4 is 10.6 Å². The molecule has 2 amide bonds. The highest BCUT2D eigenvalue weighted by molar-refractivity contribution is 7.15. The topological polar surface area (TPSA) is 104 Å². The number of hydrogen-bond donors (Lipinski definition) is 3. The number of aryl methyl sites for hydroxylation is 1. The Morgan fingerprint density at radius 2 is 2.12 bits per heavy atom. The van der Waals surface area contributed by atoms with Crippen LogP contribution in [-0.4, -0.2) is 33.3 Å². The molecule has 0 aliphatic carbocycles. The fourth-order valence-electron chi connectivity index (χ4n) is 1.08. The third-order valence-corrected chi connectivity index (χ3v) is 2.98. The number of nitrogens with zero attached hydrogens (tertiary/aromatic N) is 2. The maximum atomic E-state index is 11.4. The number of carboxylic acids is 1. The Morgan fingerprint density at radius 3 is 2.59 bits per heavy atom. The molecule has 0 aliphatic rings. The molecular formula is C9H14N4O3S. The van der Waals surface area contributed by atoms with E-state index in [4.69, 9.17) is 5.11 Å². The first kappa shape index (κ1) is 13.4. The molecule has 1 atom stereocenters. The first-order valence-electron chi connectivity index (χ1n) is 5.19. The van der Waals surface area contributed by atoms with Crippen molar-refractivity contribution in [1.82, 2.24) is 15.5 Å². The molecule has 0 saturated heterocycles. The molecule has 0 unspecified atom stereocenters. The Labute approximate surface area is 102 Å². The van der Waals surface area contributed by atoms with E-state index in [1.54, 1.807) is 6.92 Å². The number of nitrogens with one attached hydrogen (secondary N) is 2. The van der Waals surface area contributed by atoms with Gasteiger partial charge in [0.05, 0.1) is 0 Å². The zero-order valence-corrected chi connectivity index (χ0v) is 10.4. The monoisotopic (exact) mass is 258 g/mol. The van der Waals surface area contributed by atoms with Crippen molar-refractivity contribution < 1.29 is 14.7 Å². The molecule has 1 heterocycles. The van der Waals surface area contributed by atoms with Gasteiger partial charge in [0.15, 0.2) is 0 Å². The lowest BCUT2D eigenvalue weighted by Gasteiger charge is -2.11. The van der Waals surface area contributed by atoms with Gasteiger partial charge in [0.1, 0.15) is 11.0 Å². The summed E-state index contributed by atoms with van der Waals surface area (Å²) >= 11 is 1.26. The molecule has 7 nitrogen and oxygen atoms in total. The molecular weight excluding hydrogens is 244 g/mol. The van der Waals surface area contributed by atoms with Crippen LogP contribution in [0.2, 0.25) is 0 Å². The molecule has 1 aromatic heterocycles. The molecule has 0 fully saturated rings. The summed E-state index contributed by atoms with van der Waals surface area (Å²) in [7, 11) is 0. The Balaban J connectivity index is 2.51. The lowest BCUT2D eigenvalue weighted by molar-refractivity contribution is -0.139. The van der Waals surface area contributed by atoms with Crippen molar-refractivity contribution in [3.05, 3.63) is 5.01 Å². The first-order chi connectivity index (χ1) is 8.06. The van der Waals surface area contributed by atoms with E-state index in [-0.39, 0.29) is 0 Å². The van der Waals surface area contributed by atoms with Crippen molar-refractivity contribution in [3.8, 4) is 0 Å². The predicted molar refractivity (Wildman–Crippen MR) is 63.2 cm³/mol. The Bertz CT molecular complexity index is 407. The summed E-state index contributed by atoms with van der Waals surface area (Å²) in [6.45, 7) is 3.61. The van der Waals surface area contributed by atoms with E-state index >= 15 is 0 Å². The third kappa shape index (κ3) is 3.99. The lowest BCUT2D eigenvalue weighted by atomic mass is 10.2. The predicted octanol–water partition coefficient (Wildman–Crippen LogP) is 1.09. The minimum absolute atomic E-state index is 0.319. The fourth-order valence-corrected chi connectivity index (χ4v) is 1.75. The summed E-state index contributed by atoms with van der Waals surface area (Å²) in [5.74, 6) is -1.06. The van der Waals surface area contributed by atoms with E-state index in [1.165, 1.54) is 11.3 Å². The highest BCUT2D eigenvalue weighted by Crippen LogP contribution is 2.14. The van der Waals surface area contributed by atoms with Gasteiger partial charge in [-0.1, -0.05) is 25.2 Å². The summed E-state index contributed by atoms with van der Waals surface area (Å²) < 4.78 is 0. The normalized spacial score (nSPS) is 11.9. The highest BCUT2D eigenvalue weighted by Gasteiger charge is 2.18. The molecule has 8 heteroatoms.